The molecule has 0 fully saturated rings. The lowest BCUT2D eigenvalue weighted by molar-refractivity contribution is 0.00144. The van der Waals surface area contributed by atoms with E-state index >= 15 is 0 Å². The van der Waals surface area contributed by atoms with Crippen LogP contribution in [0.15, 0.2) is 6.33 Å². The zero-order valence-corrected chi connectivity index (χ0v) is 10.8. The van der Waals surface area contributed by atoms with E-state index in [2.05, 4.69) is 28.8 Å². The van der Waals surface area contributed by atoms with E-state index < -0.39 is 6.10 Å². The van der Waals surface area contributed by atoms with Gasteiger partial charge >= 0.3 is 0 Å². The molecule has 1 rings (SSSR count). The second kappa shape index (κ2) is 4.93. The Labute approximate surface area is 97.1 Å². The summed E-state index contributed by atoms with van der Waals surface area (Å²) in [6, 6.07) is 0. The standard InChI is InChI=1S/C11H22N4O/c1-6-11(2,14(3)4)9(16)7-10-12-8-13-15(10)5/h8-9,16H,6-7H2,1-5H3. The van der Waals surface area contributed by atoms with Crippen molar-refractivity contribution in [1.29, 1.82) is 0 Å². The van der Waals surface area contributed by atoms with Crippen LogP contribution >= 0.6 is 0 Å². The van der Waals surface area contributed by atoms with E-state index in [1.165, 1.54) is 6.33 Å². The Morgan fingerprint density at radius 2 is 2.19 bits per heavy atom. The number of aliphatic hydroxyl groups excluding tert-OH is 1. The summed E-state index contributed by atoms with van der Waals surface area (Å²) in [5.41, 5.74) is -0.230. The van der Waals surface area contributed by atoms with Crippen molar-refractivity contribution in [2.45, 2.75) is 38.3 Å². The maximum atomic E-state index is 10.3. The van der Waals surface area contributed by atoms with Gasteiger partial charge in [-0.1, -0.05) is 6.92 Å². The molecule has 1 aromatic heterocycles. The first kappa shape index (κ1) is 13.1. The minimum Gasteiger partial charge on any atom is -0.391 e. The number of rotatable bonds is 5. The van der Waals surface area contributed by atoms with E-state index in [4.69, 9.17) is 0 Å². The number of aliphatic hydroxyl groups is 1. The fraction of sp³-hybridized carbons (Fsp3) is 0.818. The van der Waals surface area contributed by atoms with Crippen molar-refractivity contribution in [3.8, 4) is 0 Å². The quantitative estimate of drug-likeness (QED) is 0.792. The van der Waals surface area contributed by atoms with Gasteiger partial charge in [-0.3, -0.25) is 4.68 Å². The van der Waals surface area contributed by atoms with Gasteiger partial charge in [0.1, 0.15) is 12.2 Å². The van der Waals surface area contributed by atoms with Crippen LogP contribution in [0.4, 0.5) is 0 Å². The Bertz CT molecular complexity index is 336. The van der Waals surface area contributed by atoms with Gasteiger partial charge in [0.15, 0.2) is 0 Å². The number of likely N-dealkylation sites (N-methyl/N-ethyl adjacent to an activating group) is 1. The van der Waals surface area contributed by atoms with Crippen molar-refractivity contribution in [1.82, 2.24) is 19.7 Å². The molecule has 1 aromatic rings. The maximum Gasteiger partial charge on any atom is 0.138 e. The molecule has 0 aliphatic rings. The van der Waals surface area contributed by atoms with Gasteiger partial charge in [0.2, 0.25) is 0 Å². The van der Waals surface area contributed by atoms with Crippen LogP contribution in [0.2, 0.25) is 0 Å². The van der Waals surface area contributed by atoms with Gasteiger partial charge in [-0.05, 0) is 27.4 Å². The lowest BCUT2D eigenvalue weighted by Gasteiger charge is -2.39. The van der Waals surface area contributed by atoms with Crippen molar-refractivity contribution in [2.75, 3.05) is 14.1 Å². The van der Waals surface area contributed by atoms with Crippen LogP contribution in [-0.4, -0.2) is 50.5 Å². The minimum atomic E-state index is -0.449. The normalized spacial score (nSPS) is 17.4. The van der Waals surface area contributed by atoms with Gasteiger partial charge in [0.25, 0.3) is 0 Å². The fourth-order valence-electron chi connectivity index (χ4n) is 1.75. The minimum absolute atomic E-state index is 0.230. The highest BCUT2D eigenvalue weighted by molar-refractivity contribution is 4.96. The number of aromatic nitrogens is 3. The molecule has 0 radical (unpaired) electrons. The zero-order chi connectivity index (χ0) is 12.3. The molecule has 16 heavy (non-hydrogen) atoms. The first-order valence-electron chi connectivity index (χ1n) is 5.60. The highest BCUT2D eigenvalue weighted by Gasteiger charge is 2.34. The predicted octanol–water partition coefficient (Wildman–Crippen LogP) is 0.449. The molecule has 1 N–H and O–H groups in total. The monoisotopic (exact) mass is 226 g/mol. The highest BCUT2D eigenvalue weighted by Crippen LogP contribution is 2.23. The summed E-state index contributed by atoms with van der Waals surface area (Å²) < 4.78 is 1.70. The Balaban J connectivity index is 2.78. The fourth-order valence-corrected chi connectivity index (χ4v) is 1.75. The molecule has 0 aliphatic heterocycles. The molecule has 5 heteroatoms. The van der Waals surface area contributed by atoms with Crippen LogP contribution in [0, 0.1) is 0 Å². The maximum absolute atomic E-state index is 10.3. The second-order valence-corrected chi connectivity index (χ2v) is 4.62. The topological polar surface area (TPSA) is 54.2 Å². The Morgan fingerprint density at radius 3 is 2.56 bits per heavy atom. The number of hydrogen-bond acceptors (Lipinski definition) is 4. The SMILES string of the molecule is CCC(C)(C(O)Cc1ncnn1C)N(C)C. The molecule has 2 unspecified atom stereocenters. The van der Waals surface area contributed by atoms with Crippen LogP contribution in [0.5, 0.6) is 0 Å². The molecular weight excluding hydrogens is 204 g/mol. The summed E-state index contributed by atoms with van der Waals surface area (Å²) in [4.78, 5) is 6.20. The van der Waals surface area contributed by atoms with Crippen LogP contribution in [0.25, 0.3) is 0 Å². The van der Waals surface area contributed by atoms with Gasteiger partial charge in [-0.25, -0.2) is 4.98 Å². The molecular formula is C11H22N4O. The molecule has 0 amide bonds. The number of nitrogens with zero attached hydrogens (tertiary/aromatic N) is 4. The van der Waals surface area contributed by atoms with Gasteiger partial charge in [0.05, 0.1) is 6.10 Å². The summed E-state index contributed by atoms with van der Waals surface area (Å²) in [7, 11) is 5.82. The average molecular weight is 226 g/mol. The number of aryl methyl sites for hydroxylation is 1. The first-order valence-corrected chi connectivity index (χ1v) is 5.60. The van der Waals surface area contributed by atoms with Crippen molar-refractivity contribution >= 4 is 0 Å². The van der Waals surface area contributed by atoms with Gasteiger partial charge in [-0.15, -0.1) is 0 Å². The Kier molecular flexibility index (Phi) is 4.04. The van der Waals surface area contributed by atoms with Crippen LogP contribution in [-0.2, 0) is 13.5 Å². The van der Waals surface area contributed by atoms with Crippen molar-refractivity contribution in [2.24, 2.45) is 7.05 Å². The molecule has 0 bridgehead atoms. The van der Waals surface area contributed by atoms with Gasteiger partial charge in [-0.2, -0.15) is 5.10 Å². The summed E-state index contributed by atoms with van der Waals surface area (Å²) in [6.45, 7) is 4.15. The van der Waals surface area contributed by atoms with E-state index in [9.17, 15) is 5.11 Å². The summed E-state index contributed by atoms with van der Waals surface area (Å²) >= 11 is 0. The van der Waals surface area contributed by atoms with Gasteiger partial charge in [0, 0.05) is 19.0 Å². The van der Waals surface area contributed by atoms with E-state index in [0.717, 1.165) is 12.2 Å². The molecule has 5 nitrogen and oxygen atoms in total. The number of hydrogen-bond donors (Lipinski definition) is 1. The molecule has 0 spiro atoms. The second-order valence-electron chi connectivity index (χ2n) is 4.62. The van der Waals surface area contributed by atoms with Crippen LogP contribution < -0.4 is 0 Å². The third kappa shape index (κ3) is 2.41. The van der Waals surface area contributed by atoms with E-state index in [0.29, 0.717) is 6.42 Å². The summed E-state index contributed by atoms with van der Waals surface area (Å²) in [6.07, 6.45) is 2.48. The van der Waals surface area contributed by atoms with Crippen LogP contribution in [0.1, 0.15) is 26.1 Å². The summed E-state index contributed by atoms with van der Waals surface area (Å²) in [5.74, 6) is 0.814. The molecule has 2 atom stereocenters. The third-order valence-corrected chi connectivity index (χ3v) is 3.64. The smallest absolute Gasteiger partial charge is 0.138 e. The lowest BCUT2D eigenvalue weighted by atomic mass is 9.88. The summed E-state index contributed by atoms with van der Waals surface area (Å²) in [5, 5.41) is 14.3. The van der Waals surface area contributed by atoms with Crippen molar-refractivity contribution < 1.29 is 5.11 Å². The zero-order valence-electron chi connectivity index (χ0n) is 10.8. The lowest BCUT2D eigenvalue weighted by Crippen LogP contribution is -2.51. The van der Waals surface area contributed by atoms with Crippen molar-refractivity contribution in [3.63, 3.8) is 0 Å². The molecule has 0 aliphatic carbocycles. The average Bonchev–Trinajstić information content (AvgIpc) is 2.62. The Hall–Kier alpha value is -0.940. The largest absolute Gasteiger partial charge is 0.391 e. The molecule has 0 aromatic carbocycles. The molecule has 0 saturated heterocycles. The van der Waals surface area contributed by atoms with Crippen molar-refractivity contribution in [3.05, 3.63) is 12.2 Å². The van der Waals surface area contributed by atoms with Gasteiger partial charge < -0.3 is 10.0 Å². The van der Waals surface area contributed by atoms with E-state index in [-0.39, 0.29) is 5.54 Å². The molecule has 0 saturated carbocycles. The molecule has 1 heterocycles. The third-order valence-electron chi connectivity index (χ3n) is 3.64. The highest BCUT2D eigenvalue weighted by atomic mass is 16.3. The first-order chi connectivity index (χ1) is 7.41. The predicted molar refractivity (Wildman–Crippen MR) is 63.1 cm³/mol. The van der Waals surface area contributed by atoms with Crippen LogP contribution in [0.3, 0.4) is 0 Å². The van der Waals surface area contributed by atoms with E-state index in [1.807, 2.05) is 21.1 Å². The van der Waals surface area contributed by atoms with E-state index in [1.54, 1.807) is 4.68 Å². The molecule has 92 valence electrons. The Morgan fingerprint density at radius 1 is 1.56 bits per heavy atom.